The molecule has 2 aromatic carbocycles. The normalized spacial score (nSPS) is 10.1. The standard InChI is InChI=1S/C16H18N2O3/c1-2-9-20-13-5-3-4-6-14(13)21-15-10-11(16(18)19)7-8-12(15)17/h3-8,10H,2,9,17H2,1H3,(H2,18,19). The van der Waals surface area contributed by atoms with Crippen molar-refractivity contribution in [2.24, 2.45) is 5.73 Å². The van der Waals surface area contributed by atoms with E-state index in [2.05, 4.69) is 0 Å². The highest BCUT2D eigenvalue weighted by molar-refractivity contribution is 5.93. The first-order chi connectivity index (χ1) is 10.1. The summed E-state index contributed by atoms with van der Waals surface area (Å²) in [5, 5.41) is 0. The Morgan fingerprint density at radius 2 is 1.81 bits per heavy atom. The van der Waals surface area contributed by atoms with Crippen LogP contribution in [0.4, 0.5) is 5.69 Å². The summed E-state index contributed by atoms with van der Waals surface area (Å²) < 4.78 is 11.4. The van der Waals surface area contributed by atoms with Crippen molar-refractivity contribution in [1.29, 1.82) is 0 Å². The van der Waals surface area contributed by atoms with Gasteiger partial charge < -0.3 is 20.9 Å². The third-order valence-corrected chi connectivity index (χ3v) is 2.83. The second kappa shape index (κ2) is 6.65. The maximum absolute atomic E-state index is 11.2. The van der Waals surface area contributed by atoms with Gasteiger partial charge in [0.15, 0.2) is 17.2 Å². The van der Waals surface area contributed by atoms with E-state index in [1.807, 2.05) is 25.1 Å². The molecule has 0 saturated heterocycles. The number of nitrogens with two attached hydrogens (primary N) is 2. The van der Waals surface area contributed by atoms with Gasteiger partial charge in [-0.05, 0) is 36.8 Å². The zero-order valence-electron chi connectivity index (χ0n) is 11.8. The van der Waals surface area contributed by atoms with Crippen molar-refractivity contribution in [3.63, 3.8) is 0 Å². The second-order valence-corrected chi connectivity index (χ2v) is 4.51. The Bertz CT molecular complexity index is 641. The first-order valence-electron chi connectivity index (χ1n) is 6.71. The minimum atomic E-state index is -0.532. The number of rotatable bonds is 6. The van der Waals surface area contributed by atoms with Crippen molar-refractivity contribution < 1.29 is 14.3 Å². The Hall–Kier alpha value is -2.69. The van der Waals surface area contributed by atoms with E-state index < -0.39 is 5.91 Å². The van der Waals surface area contributed by atoms with Crippen LogP contribution in [0.3, 0.4) is 0 Å². The number of anilines is 1. The topological polar surface area (TPSA) is 87.6 Å². The number of amides is 1. The van der Waals surface area contributed by atoms with Gasteiger partial charge in [0.25, 0.3) is 0 Å². The van der Waals surface area contributed by atoms with E-state index in [1.54, 1.807) is 18.2 Å². The van der Waals surface area contributed by atoms with Crippen LogP contribution in [0.5, 0.6) is 17.2 Å². The molecule has 0 aliphatic carbocycles. The van der Waals surface area contributed by atoms with Crippen molar-refractivity contribution in [2.75, 3.05) is 12.3 Å². The molecule has 0 spiro atoms. The molecule has 5 nitrogen and oxygen atoms in total. The van der Waals surface area contributed by atoms with Crippen LogP contribution in [0.15, 0.2) is 42.5 Å². The predicted octanol–water partition coefficient (Wildman–Crippen LogP) is 2.95. The average molecular weight is 286 g/mol. The van der Waals surface area contributed by atoms with Crippen LogP contribution in [-0.4, -0.2) is 12.5 Å². The zero-order valence-corrected chi connectivity index (χ0v) is 11.8. The predicted molar refractivity (Wildman–Crippen MR) is 81.7 cm³/mol. The quantitative estimate of drug-likeness (QED) is 0.799. The lowest BCUT2D eigenvalue weighted by atomic mass is 10.2. The number of benzene rings is 2. The van der Waals surface area contributed by atoms with Crippen LogP contribution in [0.1, 0.15) is 23.7 Å². The first kappa shape index (κ1) is 14.7. The third-order valence-electron chi connectivity index (χ3n) is 2.83. The molecule has 21 heavy (non-hydrogen) atoms. The van der Waals surface area contributed by atoms with Gasteiger partial charge in [0.2, 0.25) is 5.91 Å². The van der Waals surface area contributed by atoms with Gasteiger partial charge in [-0.25, -0.2) is 0 Å². The Balaban J connectivity index is 2.29. The number of ether oxygens (including phenoxy) is 2. The molecule has 0 unspecified atom stereocenters. The largest absolute Gasteiger partial charge is 0.490 e. The van der Waals surface area contributed by atoms with Gasteiger partial charge in [0.1, 0.15) is 0 Å². The summed E-state index contributed by atoms with van der Waals surface area (Å²) in [6.07, 6.45) is 0.896. The van der Waals surface area contributed by atoms with Crippen molar-refractivity contribution in [3.8, 4) is 17.2 Å². The van der Waals surface area contributed by atoms with Gasteiger partial charge >= 0.3 is 0 Å². The van der Waals surface area contributed by atoms with Crippen molar-refractivity contribution in [1.82, 2.24) is 0 Å². The minimum Gasteiger partial charge on any atom is -0.490 e. The van der Waals surface area contributed by atoms with Gasteiger partial charge in [-0.1, -0.05) is 19.1 Å². The summed E-state index contributed by atoms with van der Waals surface area (Å²) in [5.41, 5.74) is 11.9. The Morgan fingerprint density at radius 3 is 2.48 bits per heavy atom. The molecule has 0 atom stereocenters. The van der Waals surface area contributed by atoms with Gasteiger partial charge in [0.05, 0.1) is 12.3 Å². The molecule has 0 fully saturated rings. The Kier molecular flexibility index (Phi) is 4.66. The number of primary amides is 1. The van der Waals surface area contributed by atoms with E-state index in [0.717, 1.165) is 6.42 Å². The summed E-state index contributed by atoms with van der Waals surface area (Å²) in [6.45, 7) is 2.62. The molecule has 0 aliphatic rings. The summed E-state index contributed by atoms with van der Waals surface area (Å²) in [5.74, 6) is 1.01. The first-order valence-corrected chi connectivity index (χ1v) is 6.71. The van der Waals surface area contributed by atoms with Crippen LogP contribution in [0.25, 0.3) is 0 Å². The highest BCUT2D eigenvalue weighted by Crippen LogP contribution is 2.34. The van der Waals surface area contributed by atoms with Gasteiger partial charge in [-0.3, -0.25) is 4.79 Å². The molecule has 0 bridgehead atoms. The Morgan fingerprint density at radius 1 is 1.10 bits per heavy atom. The van der Waals surface area contributed by atoms with E-state index in [4.69, 9.17) is 20.9 Å². The molecule has 0 aromatic heterocycles. The molecule has 110 valence electrons. The fourth-order valence-corrected chi connectivity index (χ4v) is 1.76. The summed E-state index contributed by atoms with van der Waals surface area (Å²) in [7, 11) is 0. The molecule has 0 heterocycles. The average Bonchev–Trinajstić information content (AvgIpc) is 2.48. The number of para-hydroxylation sites is 2. The molecule has 2 aromatic rings. The lowest BCUT2D eigenvalue weighted by Gasteiger charge is -2.13. The maximum Gasteiger partial charge on any atom is 0.248 e. The van der Waals surface area contributed by atoms with E-state index in [0.29, 0.717) is 35.1 Å². The lowest BCUT2D eigenvalue weighted by Crippen LogP contribution is -2.11. The van der Waals surface area contributed by atoms with Crippen LogP contribution in [0, 0.1) is 0 Å². The second-order valence-electron chi connectivity index (χ2n) is 4.51. The van der Waals surface area contributed by atoms with Crippen molar-refractivity contribution in [2.45, 2.75) is 13.3 Å². The summed E-state index contributed by atoms with van der Waals surface area (Å²) >= 11 is 0. The number of hydrogen-bond acceptors (Lipinski definition) is 4. The van der Waals surface area contributed by atoms with Crippen LogP contribution >= 0.6 is 0 Å². The van der Waals surface area contributed by atoms with Gasteiger partial charge in [-0.15, -0.1) is 0 Å². The fraction of sp³-hybridized carbons (Fsp3) is 0.188. The number of hydrogen-bond donors (Lipinski definition) is 2. The molecule has 0 radical (unpaired) electrons. The van der Waals surface area contributed by atoms with Crippen LogP contribution in [-0.2, 0) is 0 Å². The zero-order chi connectivity index (χ0) is 15.2. The molecule has 4 N–H and O–H groups in total. The van der Waals surface area contributed by atoms with Gasteiger partial charge in [-0.2, -0.15) is 0 Å². The summed E-state index contributed by atoms with van der Waals surface area (Å²) in [6, 6.07) is 12.0. The van der Waals surface area contributed by atoms with Crippen molar-refractivity contribution in [3.05, 3.63) is 48.0 Å². The van der Waals surface area contributed by atoms with Gasteiger partial charge in [0, 0.05) is 5.56 Å². The van der Waals surface area contributed by atoms with Crippen molar-refractivity contribution >= 4 is 11.6 Å². The highest BCUT2D eigenvalue weighted by atomic mass is 16.5. The van der Waals surface area contributed by atoms with E-state index in [9.17, 15) is 4.79 Å². The number of nitrogen functional groups attached to an aromatic ring is 1. The molecule has 0 aliphatic heterocycles. The minimum absolute atomic E-state index is 0.339. The van der Waals surface area contributed by atoms with E-state index >= 15 is 0 Å². The monoisotopic (exact) mass is 286 g/mol. The molecule has 5 heteroatoms. The smallest absolute Gasteiger partial charge is 0.248 e. The van der Waals surface area contributed by atoms with E-state index in [1.165, 1.54) is 6.07 Å². The summed E-state index contributed by atoms with van der Waals surface area (Å²) in [4.78, 5) is 11.2. The highest BCUT2D eigenvalue weighted by Gasteiger charge is 2.10. The fourth-order valence-electron chi connectivity index (χ4n) is 1.76. The Labute approximate surface area is 123 Å². The SMILES string of the molecule is CCCOc1ccccc1Oc1cc(C(N)=O)ccc1N. The molecule has 0 saturated carbocycles. The molecule has 1 amide bonds. The van der Waals surface area contributed by atoms with Crippen LogP contribution < -0.4 is 20.9 Å². The van der Waals surface area contributed by atoms with E-state index in [-0.39, 0.29) is 0 Å². The van der Waals surface area contributed by atoms with Crippen LogP contribution in [0.2, 0.25) is 0 Å². The molecular weight excluding hydrogens is 268 g/mol. The third kappa shape index (κ3) is 3.66. The molecule has 2 rings (SSSR count). The maximum atomic E-state index is 11.2. The molecular formula is C16H18N2O3. The lowest BCUT2D eigenvalue weighted by molar-refractivity contribution is 0.1000. The number of carbonyl (C=O) groups excluding carboxylic acids is 1. The number of carbonyl (C=O) groups is 1.